The second-order valence-corrected chi connectivity index (χ2v) is 5.53. The Morgan fingerprint density at radius 2 is 1.89 bits per heavy atom. The first-order chi connectivity index (χ1) is 8.79. The number of carbonyl (C=O) groups is 1. The maximum atomic E-state index is 11.3. The molecule has 1 aliphatic rings. The van der Waals surface area contributed by atoms with Gasteiger partial charge in [0.2, 0.25) is 0 Å². The van der Waals surface area contributed by atoms with E-state index in [4.69, 9.17) is 0 Å². The van der Waals surface area contributed by atoms with Gasteiger partial charge >= 0.3 is 0 Å². The summed E-state index contributed by atoms with van der Waals surface area (Å²) in [6, 6.07) is 8.98. The summed E-state index contributed by atoms with van der Waals surface area (Å²) in [4.78, 5) is 11.3. The molecule has 1 fully saturated rings. The van der Waals surface area contributed by atoms with Crippen LogP contribution in [0.25, 0.3) is 0 Å². The van der Waals surface area contributed by atoms with Gasteiger partial charge in [-0.1, -0.05) is 50.5 Å². The smallest absolute Gasteiger partial charge is 0.133 e. The third kappa shape index (κ3) is 3.69. The second kappa shape index (κ2) is 6.72. The Morgan fingerprint density at radius 3 is 2.50 bits per heavy atom. The van der Waals surface area contributed by atoms with Gasteiger partial charge in [0.15, 0.2) is 0 Å². The van der Waals surface area contributed by atoms with Crippen molar-refractivity contribution in [3.05, 3.63) is 35.4 Å². The number of aryl methyl sites for hydroxylation is 1. The molecule has 0 saturated heterocycles. The predicted octanol–water partition coefficient (Wildman–Crippen LogP) is 4.65. The topological polar surface area (TPSA) is 17.1 Å². The maximum absolute atomic E-state index is 11.3. The van der Waals surface area contributed by atoms with E-state index in [2.05, 4.69) is 31.2 Å². The molecule has 0 aromatic heterocycles. The molecule has 2 rings (SSSR count). The van der Waals surface area contributed by atoms with Gasteiger partial charge in [0.1, 0.15) is 5.78 Å². The zero-order chi connectivity index (χ0) is 12.8. The van der Waals surface area contributed by atoms with Gasteiger partial charge in [-0.3, -0.25) is 4.79 Å². The summed E-state index contributed by atoms with van der Waals surface area (Å²) in [5, 5.41) is 0. The number of carbonyl (C=O) groups excluding carboxylic acids is 1. The van der Waals surface area contributed by atoms with E-state index in [1.807, 2.05) is 0 Å². The van der Waals surface area contributed by atoms with Gasteiger partial charge in [0.05, 0.1) is 0 Å². The van der Waals surface area contributed by atoms with Crippen molar-refractivity contribution in [2.24, 2.45) is 0 Å². The molecule has 0 unspecified atom stereocenters. The first kappa shape index (κ1) is 13.3. The molecule has 18 heavy (non-hydrogen) atoms. The van der Waals surface area contributed by atoms with Crippen molar-refractivity contribution in [2.45, 2.75) is 64.2 Å². The molecule has 1 heteroatoms. The Morgan fingerprint density at radius 1 is 1.11 bits per heavy atom. The van der Waals surface area contributed by atoms with E-state index in [0.717, 1.165) is 19.3 Å². The van der Waals surface area contributed by atoms with E-state index in [0.29, 0.717) is 11.7 Å². The van der Waals surface area contributed by atoms with E-state index in [9.17, 15) is 4.79 Å². The highest BCUT2D eigenvalue weighted by Gasteiger charge is 2.23. The molecule has 0 spiro atoms. The summed E-state index contributed by atoms with van der Waals surface area (Å²) in [6.45, 7) is 2.25. The molecule has 1 saturated carbocycles. The average molecular weight is 244 g/mol. The first-order valence-corrected chi connectivity index (χ1v) is 7.40. The van der Waals surface area contributed by atoms with Gasteiger partial charge in [-0.2, -0.15) is 0 Å². The van der Waals surface area contributed by atoms with Crippen LogP contribution in [0.2, 0.25) is 0 Å². The van der Waals surface area contributed by atoms with Crippen LogP contribution in [0.4, 0.5) is 0 Å². The van der Waals surface area contributed by atoms with Gasteiger partial charge in [0.25, 0.3) is 0 Å². The molecule has 0 N–H and O–H groups in total. The van der Waals surface area contributed by atoms with E-state index in [1.165, 1.54) is 43.2 Å². The minimum atomic E-state index is 0.434. The molecular formula is C17H24O. The molecule has 1 aromatic rings. The predicted molar refractivity (Wildman–Crippen MR) is 75.9 cm³/mol. The van der Waals surface area contributed by atoms with Crippen molar-refractivity contribution < 1.29 is 4.79 Å². The normalized spacial score (nSPS) is 19.4. The van der Waals surface area contributed by atoms with Crippen LogP contribution in [0.15, 0.2) is 24.3 Å². The molecule has 0 radical (unpaired) electrons. The van der Waals surface area contributed by atoms with Gasteiger partial charge in [-0.25, -0.2) is 0 Å². The monoisotopic (exact) mass is 244 g/mol. The number of hydrogen-bond acceptors (Lipinski definition) is 1. The lowest BCUT2D eigenvalue weighted by Crippen LogP contribution is -1.95. The Balaban J connectivity index is 1.83. The number of unbranched alkanes of at least 4 members (excludes halogenated alkanes) is 3. The Kier molecular flexibility index (Phi) is 4.98. The molecule has 98 valence electrons. The first-order valence-electron chi connectivity index (χ1n) is 7.40. The molecule has 0 heterocycles. The second-order valence-electron chi connectivity index (χ2n) is 5.53. The average Bonchev–Trinajstić information content (AvgIpc) is 2.82. The number of hydrogen-bond donors (Lipinski definition) is 0. The molecule has 0 amide bonds. The van der Waals surface area contributed by atoms with Crippen LogP contribution in [0.3, 0.4) is 0 Å². The number of benzene rings is 1. The lowest BCUT2D eigenvalue weighted by molar-refractivity contribution is -0.117. The van der Waals surface area contributed by atoms with Crippen molar-refractivity contribution in [3.8, 4) is 0 Å². The SMILES string of the molecule is CCCCCCc1ccc([C@H]2CCC(=O)C2)cc1. The van der Waals surface area contributed by atoms with E-state index >= 15 is 0 Å². The standard InChI is InChI=1S/C17H24O/c1-2-3-4-5-6-14-7-9-15(10-8-14)16-11-12-17(18)13-16/h7-10,16H,2-6,11-13H2,1H3/t16-/m0/s1. The van der Waals surface area contributed by atoms with Crippen LogP contribution >= 0.6 is 0 Å². The Hall–Kier alpha value is -1.11. The minimum absolute atomic E-state index is 0.434. The van der Waals surface area contributed by atoms with Crippen molar-refractivity contribution >= 4 is 5.78 Å². The zero-order valence-corrected chi connectivity index (χ0v) is 11.5. The highest BCUT2D eigenvalue weighted by Crippen LogP contribution is 2.32. The van der Waals surface area contributed by atoms with Crippen LogP contribution in [0.5, 0.6) is 0 Å². The van der Waals surface area contributed by atoms with E-state index in [1.54, 1.807) is 0 Å². The third-order valence-electron chi connectivity index (χ3n) is 4.02. The van der Waals surface area contributed by atoms with Gasteiger partial charge in [-0.15, -0.1) is 0 Å². The molecule has 1 aromatic carbocycles. The summed E-state index contributed by atoms with van der Waals surface area (Å²) in [7, 11) is 0. The quantitative estimate of drug-likeness (QED) is 0.666. The molecular weight excluding hydrogens is 220 g/mol. The molecule has 0 aliphatic heterocycles. The van der Waals surface area contributed by atoms with Crippen molar-refractivity contribution in [3.63, 3.8) is 0 Å². The summed E-state index contributed by atoms with van der Waals surface area (Å²) < 4.78 is 0. The van der Waals surface area contributed by atoms with Crippen molar-refractivity contribution in [1.82, 2.24) is 0 Å². The fourth-order valence-corrected chi connectivity index (χ4v) is 2.81. The van der Waals surface area contributed by atoms with Crippen molar-refractivity contribution in [1.29, 1.82) is 0 Å². The van der Waals surface area contributed by atoms with Crippen LogP contribution in [-0.4, -0.2) is 5.78 Å². The van der Waals surface area contributed by atoms with Crippen LogP contribution in [0, 0.1) is 0 Å². The van der Waals surface area contributed by atoms with Crippen molar-refractivity contribution in [2.75, 3.05) is 0 Å². The highest BCUT2D eigenvalue weighted by molar-refractivity contribution is 5.81. The van der Waals surface area contributed by atoms with Gasteiger partial charge in [0, 0.05) is 12.8 Å². The summed E-state index contributed by atoms with van der Waals surface area (Å²) >= 11 is 0. The molecule has 1 aliphatic carbocycles. The number of ketones is 1. The number of Topliss-reactive ketones (excluding diaryl/α,β-unsaturated/α-hetero) is 1. The fraction of sp³-hybridized carbons (Fsp3) is 0.588. The minimum Gasteiger partial charge on any atom is -0.300 e. The van der Waals surface area contributed by atoms with Crippen LogP contribution in [-0.2, 0) is 11.2 Å². The summed E-state index contributed by atoms with van der Waals surface area (Å²) in [6.07, 6.45) is 9.08. The highest BCUT2D eigenvalue weighted by atomic mass is 16.1. The zero-order valence-electron chi connectivity index (χ0n) is 11.5. The largest absolute Gasteiger partial charge is 0.300 e. The fourth-order valence-electron chi connectivity index (χ4n) is 2.81. The molecule has 1 atom stereocenters. The van der Waals surface area contributed by atoms with Gasteiger partial charge in [-0.05, 0) is 36.3 Å². The summed E-state index contributed by atoms with van der Waals surface area (Å²) in [5.41, 5.74) is 2.80. The molecule has 1 nitrogen and oxygen atoms in total. The summed E-state index contributed by atoms with van der Waals surface area (Å²) in [5.74, 6) is 0.926. The van der Waals surface area contributed by atoms with Crippen LogP contribution < -0.4 is 0 Å². The Bertz CT molecular complexity index is 377. The lowest BCUT2D eigenvalue weighted by atomic mass is 9.95. The van der Waals surface area contributed by atoms with E-state index < -0.39 is 0 Å². The number of rotatable bonds is 6. The third-order valence-corrected chi connectivity index (χ3v) is 4.02. The Labute approximate surface area is 111 Å². The molecule has 0 bridgehead atoms. The van der Waals surface area contributed by atoms with E-state index in [-0.39, 0.29) is 0 Å². The lowest BCUT2D eigenvalue weighted by Gasteiger charge is -2.09. The maximum Gasteiger partial charge on any atom is 0.133 e. The van der Waals surface area contributed by atoms with Gasteiger partial charge < -0.3 is 0 Å². The van der Waals surface area contributed by atoms with Crippen LogP contribution in [0.1, 0.15) is 68.9 Å².